The van der Waals surface area contributed by atoms with Gasteiger partial charge in [-0.25, -0.2) is 0 Å². The Morgan fingerprint density at radius 3 is 2.50 bits per heavy atom. The van der Waals surface area contributed by atoms with Gasteiger partial charge in [-0.3, -0.25) is 0 Å². The molecule has 0 N–H and O–H groups in total. The van der Waals surface area contributed by atoms with Crippen LogP contribution in [0.15, 0.2) is 71.0 Å². The summed E-state index contributed by atoms with van der Waals surface area (Å²) >= 11 is 0. The summed E-state index contributed by atoms with van der Waals surface area (Å²) in [7, 11) is 0. The van der Waals surface area contributed by atoms with Crippen molar-refractivity contribution in [2.24, 2.45) is 10.2 Å². The minimum Gasteiger partial charge on any atom is -0.300 e. The van der Waals surface area contributed by atoms with Crippen LogP contribution in [0.5, 0.6) is 0 Å². The van der Waals surface area contributed by atoms with Crippen molar-refractivity contribution in [2.45, 2.75) is 6.92 Å². The minimum absolute atomic E-state index is 0.864. The summed E-state index contributed by atoms with van der Waals surface area (Å²) in [6, 6.07) is 17.9. The number of rotatable bonds is 2. The SMILES string of the molecule is Cc1cc2ccccn2c1N=Nc1ccccc1. The molecule has 0 fully saturated rings. The van der Waals surface area contributed by atoms with E-state index in [9.17, 15) is 0 Å². The first-order chi connectivity index (χ1) is 8.84. The fourth-order valence-corrected chi connectivity index (χ4v) is 1.97. The summed E-state index contributed by atoms with van der Waals surface area (Å²) in [5, 5.41) is 8.62. The van der Waals surface area contributed by atoms with Crippen LogP contribution in [-0.2, 0) is 0 Å². The Balaban J connectivity index is 2.05. The van der Waals surface area contributed by atoms with E-state index in [-0.39, 0.29) is 0 Å². The second kappa shape index (κ2) is 4.45. The molecule has 3 nitrogen and oxygen atoms in total. The second-order valence-electron chi connectivity index (χ2n) is 4.18. The molecule has 0 atom stereocenters. The molecule has 0 spiro atoms. The maximum Gasteiger partial charge on any atom is 0.162 e. The van der Waals surface area contributed by atoms with Crippen molar-refractivity contribution in [1.82, 2.24) is 4.40 Å². The minimum atomic E-state index is 0.864. The van der Waals surface area contributed by atoms with E-state index in [2.05, 4.69) is 22.4 Å². The Hall–Kier alpha value is -2.42. The van der Waals surface area contributed by atoms with E-state index in [1.165, 1.54) is 0 Å². The molecule has 0 aliphatic carbocycles. The number of nitrogens with zero attached hydrogens (tertiary/aromatic N) is 3. The van der Waals surface area contributed by atoms with Crippen molar-refractivity contribution in [3.8, 4) is 0 Å². The van der Waals surface area contributed by atoms with Crippen molar-refractivity contribution in [3.63, 3.8) is 0 Å². The van der Waals surface area contributed by atoms with Crippen molar-refractivity contribution in [3.05, 3.63) is 66.4 Å². The highest BCUT2D eigenvalue weighted by molar-refractivity contribution is 5.60. The molecular weight excluding hydrogens is 222 g/mol. The number of fused-ring (bicyclic) bond motifs is 1. The number of azo groups is 1. The monoisotopic (exact) mass is 235 g/mol. The predicted octanol–water partition coefficient (Wildman–Crippen LogP) is 4.66. The molecule has 0 saturated heterocycles. The van der Waals surface area contributed by atoms with Gasteiger partial charge in [0.2, 0.25) is 0 Å². The number of aromatic nitrogens is 1. The molecule has 0 unspecified atom stereocenters. The lowest BCUT2D eigenvalue weighted by molar-refractivity contribution is 1.09. The first-order valence-corrected chi connectivity index (χ1v) is 5.88. The maximum atomic E-state index is 4.35. The van der Waals surface area contributed by atoms with E-state index in [1.807, 2.05) is 60.0 Å². The first-order valence-electron chi connectivity index (χ1n) is 5.88. The summed E-state index contributed by atoms with van der Waals surface area (Å²) in [5.74, 6) is 0.884. The van der Waals surface area contributed by atoms with Gasteiger partial charge in [-0.05, 0) is 42.8 Å². The van der Waals surface area contributed by atoms with E-state index >= 15 is 0 Å². The van der Waals surface area contributed by atoms with Crippen LogP contribution >= 0.6 is 0 Å². The first kappa shape index (κ1) is 10.7. The summed E-state index contributed by atoms with van der Waals surface area (Å²) in [6.07, 6.45) is 2.00. The van der Waals surface area contributed by atoms with Gasteiger partial charge >= 0.3 is 0 Å². The Kier molecular flexibility index (Phi) is 2.65. The lowest BCUT2D eigenvalue weighted by Crippen LogP contribution is -1.80. The van der Waals surface area contributed by atoms with Crippen LogP contribution in [-0.4, -0.2) is 4.40 Å². The number of benzene rings is 1. The van der Waals surface area contributed by atoms with E-state index < -0.39 is 0 Å². The molecular formula is C15H13N3. The molecule has 2 aromatic heterocycles. The number of hydrogen-bond acceptors (Lipinski definition) is 2. The molecule has 0 amide bonds. The summed E-state index contributed by atoms with van der Waals surface area (Å²) in [6.45, 7) is 2.05. The van der Waals surface area contributed by atoms with Crippen LogP contribution in [0.25, 0.3) is 5.52 Å². The van der Waals surface area contributed by atoms with Gasteiger partial charge in [-0.1, -0.05) is 24.3 Å². The molecule has 1 aromatic carbocycles. The zero-order chi connectivity index (χ0) is 12.4. The highest BCUT2D eigenvalue weighted by atomic mass is 15.2. The van der Waals surface area contributed by atoms with Crippen molar-refractivity contribution < 1.29 is 0 Å². The van der Waals surface area contributed by atoms with Crippen LogP contribution in [0.2, 0.25) is 0 Å². The number of hydrogen-bond donors (Lipinski definition) is 0. The van der Waals surface area contributed by atoms with Gasteiger partial charge in [-0.2, -0.15) is 0 Å². The van der Waals surface area contributed by atoms with E-state index in [4.69, 9.17) is 0 Å². The van der Waals surface area contributed by atoms with Gasteiger partial charge in [0, 0.05) is 11.7 Å². The highest BCUT2D eigenvalue weighted by Crippen LogP contribution is 2.25. The standard InChI is InChI=1S/C15H13N3/c1-12-11-14-9-5-6-10-18(14)15(12)17-16-13-7-3-2-4-8-13/h2-11H,1H3. The summed E-state index contributed by atoms with van der Waals surface area (Å²) in [5.41, 5.74) is 3.13. The zero-order valence-electron chi connectivity index (χ0n) is 10.1. The fourth-order valence-electron chi connectivity index (χ4n) is 1.97. The Morgan fingerprint density at radius 1 is 0.889 bits per heavy atom. The van der Waals surface area contributed by atoms with Gasteiger partial charge < -0.3 is 4.40 Å². The molecule has 3 aromatic rings. The molecule has 0 saturated carbocycles. The average Bonchev–Trinajstić information content (AvgIpc) is 2.73. The maximum absolute atomic E-state index is 4.35. The van der Waals surface area contributed by atoms with E-state index in [0.717, 1.165) is 22.6 Å². The van der Waals surface area contributed by atoms with Gasteiger partial charge in [0.15, 0.2) is 5.82 Å². The largest absolute Gasteiger partial charge is 0.300 e. The third kappa shape index (κ3) is 1.91. The molecule has 0 aliphatic rings. The Morgan fingerprint density at radius 2 is 1.67 bits per heavy atom. The Bertz CT molecular complexity index is 696. The van der Waals surface area contributed by atoms with Crippen molar-refractivity contribution >= 4 is 17.0 Å². The van der Waals surface area contributed by atoms with E-state index in [1.54, 1.807) is 0 Å². The predicted molar refractivity (Wildman–Crippen MR) is 72.8 cm³/mol. The third-order valence-corrected chi connectivity index (χ3v) is 2.85. The molecule has 0 radical (unpaired) electrons. The lowest BCUT2D eigenvalue weighted by atomic mass is 10.3. The lowest BCUT2D eigenvalue weighted by Gasteiger charge is -1.97. The quantitative estimate of drug-likeness (QED) is 0.578. The molecule has 3 rings (SSSR count). The van der Waals surface area contributed by atoms with Gasteiger partial charge in [0.25, 0.3) is 0 Å². The Labute approximate surface area is 105 Å². The van der Waals surface area contributed by atoms with E-state index in [0.29, 0.717) is 0 Å². The average molecular weight is 235 g/mol. The molecule has 0 bridgehead atoms. The van der Waals surface area contributed by atoms with Gasteiger partial charge in [0.05, 0.1) is 5.69 Å². The zero-order valence-corrected chi connectivity index (χ0v) is 10.1. The normalized spacial score (nSPS) is 11.4. The van der Waals surface area contributed by atoms with Crippen LogP contribution in [0, 0.1) is 6.92 Å². The van der Waals surface area contributed by atoms with Crippen LogP contribution < -0.4 is 0 Å². The smallest absolute Gasteiger partial charge is 0.162 e. The van der Waals surface area contributed by atoms with Gasteiger partial charge in [-0.15, -0.1) is 10.2 Å². The van der Waals surface area contributed by atoms with Gasteiger partial charge in [0.1, 0.15) is 0 Å². The van der Waals surface area contributed by atoms with Crippen molar-refractivity contribution in [2.75, 3.05) is 0 Å². The number of pyridine rings is 1. The van der Waals surface area contributed by atoms with Crippen LogP contribution in [0.1, 0.15) is 5.56 Å². The van der Waals surface area contributed by atoms with Crippen LogP contribution in [0.4, 0.5) is 11.5 Å². The topological polar surface area (TPSA) is 29.1 Å². The molecule has 0 aliphatic heterocycles. The molecule has 2 heterocycles. The molecule has 18 heavy (non-hydrogen) atoms. The van der Waals surface area contributed by atoms with Crippen molar-refractivity contribution in [1.29, 1.82) is 0 Å². The fraction of sp³-hybridized carbons (Fsp3) is 0.0667. The molecule has 88 valence electrons. The third-order valence-electron chi connectivity index (χ3n) is 2.85. The number of aryl methyl sites for hydroxylation is 1. The summed E-state index contributed by atoms with van der Waals surface area (Å²) in [4.78, 5) is 0. The molecule has 3 heteroatoms. The van der Waals surface area contributed by atoms with Crippen LogP contribution in [0.3, 0.4) is 0 Å². The highest BCUT2D eigenvalue weighted by Gasteiger charge is 2.04. The summed E-state index contributed by atoms with van der Waals surface area (Å²) < 4.78 is 2.04. The second-order valence-corrected chi connectivity index (χ2v) is 4.18.